The van der Waals surface area contributed by atoms with E-state index in [1.165, 1.54) is 24.0 Å². The van der Waals surface area contributed by atoms with E-state index in [0.29, 0.717) is 0 Å². The Bertz CT molecular complexity index is 382. The van der Waals surface area contributed by atoms with Crippen LogP contribution in [0.15, 0.2) is 29.8 Å². The number of hydrogen-bond donors (Lipinski definition) is 1. The Morgan fingerprint density at radius 1 is 1.33 bits per heavy atom. The first-order valence-corrected chi connectivity index (χ1v) is 5.35. The van der Waals surface area contributed by atoms with Gasteiger partial charge in [-0.1, -0.05) is 11.6 Å². The molecule has 2 heteroatoms. The number of benzene rings is 1. The summed E-state index contributed by atoms with van der Waals surface area (Å²) in [5.74, 6) is 0.917. The van der Waals surface area contributed by atoms with Crippen molar-refractivity contribution in [2.24, 2.45) is 0 Å². The van der Waals surface area contributed by atoms with Crippen molar-refractivity contribution < 1.29 is 4.74 Å². The second-order valence-corrected chi connectivity index (χ2v) is 3.99. The largest absolute Gasteiger partial charge is 0.497 e. The molecule has 2 nitrogen and oxygen atoms in total. The lowest BCUT2D eigenvalue weighted by Gasteiger charge is -2.16. The van der Waals surface area contributed by atoms with E-state index in [-0.39, 0.29) is 0 Å². The third-order valence-electron chi connectivity index (χ3n) is 2.70. The van der Waals surface area contributed by atoms with Crippen molar-refractivity contribution >= 4 is 5.69 Å². The maximum Gasteiger partial charge on any atom is 0.121 e. The van der Waals surface area contributed by atoms with Gasteiger partial charge >= 0.3 is 0 Å². The van der Waals surface area contributed by atoms with Crippen molar-refractivity contribution in [1.82, 2.24) is 0 Å². The molecule has 0 atom stereocenters. The van der Waals surface area contributed by atoms with Crippen molar-refractivity contribution in [3.63, 3.8) is 0 Å². The van der Waals surface area contributed by atoms with Gasteiger partial charge in [-0.05, 0) is 37.5 Å². The highest BCUT2D eigenvalue weighted by molar-refractivity contribution is 5.51. The van der Waals surface area contributed by atoms with Gasteiger partial charge in [0.15, 0.2) is 0 Å². The number of rotatable bonds is 4. The number of nitrogens with one attached hydrogen (secondary N) is 1. The molecule has 15 heavy (non-hydrogen) atoms. The minimum Gasteiger partial charge on any atom is -0.497 e. The van der Waals surface area contributed by atoms with Gasteiger partial charge in [-0.25, -0.2) is 0 Å². The van der Waals surface area contributed by atoms with Crippen molar-refractivity contribution in [3.05, 3.63) is 35.4 Å². The van der Waals surface area contributed by atoms with Gasteiger partial charge in [-0.2, -0.15) is 0 Å². The van der Waals surface area contributed by atoms with Crippen LogP contribution in [-0.4, -0.2) is 13.7 Å². The van der Waals surface area contributed by atoms with Gasteiger partial charge in [0.25, 0.3) is 0 Å². The molecular formula is C13H17NO. The Labute approximate surface area is 91.0 Å². The van der Waals surface area contributed by atoms with Gasteiger partial charge in [0.1, 0.15) is 5.75 Å². The van der Waals surface area contributed by atoms with E-state index in [1.54, 1.807) is 7.11 Å². The summed E-state index contributed by atoms with van der Waals surface area (Å²) in [4.78, 5) is 0. The van der Waals surface area contributed by atoms with Gasteiger partial charge in [-0.15, -0.1) is 0 Å². The lowest BCUT2D eigenvalue weighted by atomic mass is 9.99. The third-order valence-corrected chi connectivity index (χ3v) is 2.70. The zero-order chi connectivity index (χ0) is 10.7. The lowest BCUT2D eigenvalue weighted by molar-refractivity contribution is 0.414. The summed E-state index contributed by atoms with van der Waals surface area (Å²) in [5.41, 5.74) is 3.87. The molecule has 0 saturated carbocycles. The van der Waals surface area contributed by atoms with Crippen LogP contribution in [0.5, 0.6) is 5.75 Å². The van der Waals surface area contributed by atoms with Crippen LogP contribution in [0.1, 0.15) is 18.4 Å². The molecule has 0 radical (unpaired) electrons. The molecule has 0 heterocycles. The number of methoxy groups -OCH3 is 1. The molecule has 1 aromatic carbocycles. The topological polar surface area (TPSA) is 21.3 Å². The molecular weight excluding hydrogens is 186 g/mol. The second-order valence-electron chi connectivity index (χ2n) is 3.99. The van der Waals surface area contributed by atoms with E-state index in [1.807, 2.05) is 12.1 Å². The van der Waals surface area contributed by atoms with Crippen LogP contribution in [0.3, 0.4) is 0 Å². The smallest absolute Gasteiger partial charge is 0.121 e. The maximum absolute atomic E-state index is 5.23. The van der Waals surface area contributed by atoms with Crippen LogP contribution < -0.4 is 10.1 Å². The van der Waals surface area contributed by atoms with E-state index in [9.17, 15) is 0 Å². The minimum absolute atomic E-state index is 0.917. The monoisotopic (exact) mass is 203 g/mol. The molecule has 0 bridgehead atoms. The molecule has 1 aromatic rings. The number of aryl methyl sites for hydroxylation is 1. The Morgan fingerprint density at radius 3 is 2.73 bits per heavy atom. The summed E-state index contributed by atoms with van der Waals surface area (Å²) in [6.07, 6.45) is 4.78. The molecule has 1 aliphatic rings. The van der Waals surface area contributed by atoms with Gasteiger partial charge in [0, 0.05) is 18.3 Å². The lowest BCUT2D eigenvalue weighted by Crippen LogP contribution is -2.09. The van der Waals surface area contributed by atoms with E-state index in [0.717, 1.165) is 18.0 Å². The molecule has 0 saturated heterocycles. The summed E-state index contributed by atoms with van der Waals surface area (Å²) in [7, 11) is 1.70. The zero-order valence-corrected chi connectivity index (χ0v) is 9.34. The average Bonchev–Trinajstić information content (AvgIpc) is 2.14. The fourth-order valence-electron chi connectivity index (χ4n) is 1.69. The van der Waals surface area contributed by atoms with E-state index in [2.05, 4.69) is 24.4 Å². The predicted octanol–water partition coefficient (Wildman–Crippen LogP) is 3.14. The first-order chi connectivity index (χ1) is 7.28. The van der Waals surface area contributed by atoms with Crippen LogP contribution in [0.2, 0.25) is 0 Å². The summed E-state index contributed by atoms with van der Waals surface area (Å²) in [6.45, 7) is 3.04. The molecule has 0 amide bonds. The first kappa shape index (κ1) is 10.1. The number of hydrogen-bond acceptors (Lipinski definition) is 2. The number of ether oxygens (including phenoxy) is 1. The molecule has 1 N–H and O–H groups in total. The van der Waals surface area contributed by atoms with Gasteiger partial charge in [0.05, 0.1) is 7.11 Å². The van der Waals surface area contributed by atoms with Gasteiger partial charge < -0.3 is 10.1 Å². The molecule has 0 aromatic heterocycles. The zero-order valence-electron chi connectivity index (χ0n) is 9.34. The van der Waals surface area contributed by atoms with E-state index < -0.39 is 0 Å². The summed E-state index contributed by atoms with van der Waals surface area (Å²) in [6, 6.07) is 6.21. The third kappa shape index (κ3) is 2.52. The Morgan fingerprint density at radius 2 is 2.13 bits per heavy atom. The molecule has 80 valence electrons. The SMILES string of the molecule is COc1cc(C)cc(NCC2=CCC2)c1. The standard InChI is InChI=1S/C13H17NO/c1-10-6-12(8-13(7-10)15-2)14-9-11-4-3-5-11/h4,6-8,14H,3,5,9H2,1-2H3. The van der Waals surface area contributed by atoms with E-state index in [4.69, 9.17) is 4.74 Å². The van der Waals surface area contributed by atoms with Crippen LogP contribution in [0.25, 0.3) is 0 Å². The normalized spacial score (nSPS) is 14.1. The summed E-state index contributed by atoms with van der Waals surface area (Å²) in [5, 5.41) is 3.41. The van der Waals surface area contributed by atoms with Crippen molar-refractivity contribution in [2.75, 3.05) is 19.0 Å². The average molecular weight is 203 g/mol. The van der Waals surface area contributed by atoms with Crippen LogP contribution >= 0.6 is 0 Å². The molecule has 0 fully saturated rings. The highest BCUT2D eigenvalue weighted by atomic mass is 16.5. The summed E-state index contributed by atoms with van der Waals surface area (Å²) < 4.78 is 5.23. The highest BCUT2D eigenvalue weighted by Gasteiger charge is 2.05. The fraction of sp³-hybridized carbons (Fsp3) is 0.385. The van der Waals surface area contributed by atoms with Crippen molar-refractivity contribution in [1.29, 1.82) is 0 Å². The molecule has 2 rings (SSSR count). The molecule has 0 aliphatic heterocycles. The van der Waals surface area contributed by atoms with Crippen LogP contribution in [0.4, 0.5) is 5.69 Å². The van der Waals surface area contributed by atoms with Gasteiger partial charge in [-0.3, -0.25) is 0 Å². The predicted molar refractivity (Wildman–Crippen MR) is 63.5 cm³/mol. The van der Waals surface area contributed by atoms with Crippen LogP contribution in [0, 0.1) is 6.92 Å². The number of allylic oxidation sites excluding steroid dienone is 1. The molecule has 0 spiro atoms. The number of anilines is 1. The van der Waals surface area contributed by atoms with E-state index >= 15 is 0 Å². The second kappa shape index (κ2) is 4.39. The quantitative estimate of drug-likeness (QED) is 0.759. The van der Waals surface area contributed by atoms with Gasteiger partial charge in [0.2, 0.25) is 0 Å². The minimum atomic E-state index is 0.917. The van der Waals surface area contributed by atoms with Crippen molar-refractivity contribution in [2.45, 2.75) is 19.8 Å². The molecule has 1 aliphatic carbocycles. The van der Waals surface area contributed by atoms with Crippen LogP contribution in [-0.2, 0) is 0 Å². The fourth-order valence-corrected chi connectivity index (χ4v) is 1.69. The Hall–Kier alpha value is -1.44. The first-order valence-electron chi connectivity index (χ1n) is 5.35. The van der Waals surface area contributed by atoms with Crippen molar-refractivity contribution in [3.8, 4) is 5.75 Å². The Kier molecular flexibility index (Phi) is 2.95. The molecule has 0 unspecified atom stereocenters. The Balaban J connectivity index is 2.03. The highest BCUT2D eigenvalue weighted by Crippen LogP contribution is 2.22. The maximum atomic E-state index is 5.23. The summed E-state index contributed by atoms with van der Waals surface area (Å²) >= 11 is 0.